The summed E-state index contributed by atoms with van der Waals surface area (Å²) in [6.45, 7) is 2.84. The van der Waals surface area contributed by atoms with Gasteiger partial charge in [0.1, 0.15) is 10.8 Å². The Morgan fingerprint density at radius 2 is 1.67 bits per heavy atom. The third-order valence-electron chi connectivity index (χ3n) is 7.15. The van der Waals surface area contributed by atoms with Gasteiger partial charge < -0.3 is 30.1 Å². The monoisotopic (exact) mass is 630 g/mol. The number of rotatable bonds is 14. The van der Waals surface area contributed by atoms with Gasteiger partial charge in [0.2, 0.25) is 0 Å². The van der Waals surface area contributed by atoms with Crippen LogP contribution < -0.4 is 15.4 Å². The Morgan fingerprint density at radius 3 is 2.36 bits per heavy atom. The summed E-state index contributed by atoms with van der Waals surface area (Å²) >= 11 is 1.45. The van der Waals surface area contributed by atoms with Crippen molar-refractivity contribution in [3.05, 3.63) is 117 Å². The molecule has 0 aliphatic heterocycles. The van der Waals surface area contributed by atoms with Gasteiger partial charge >= 0.3 is 5.97 Å². The van der Waals surface area contributed by atoms with Crippen molar-refractivity contribution in [2.24, 2.45) is 0 Å². The lowest BCUT2D eigenvalue weighted by Crippen LogP contribution is -2.48. The van der Waals surface area contributed by atoms with E-state index < -0.39 is 24.0 Å². The van der Waals surface area contributed by atoms with Crippen molar-refractivity contribution in [3.63, 3.8) is 0 Å². The minimum Gasteiger partial charge on any atom is -0.497 e. The van der Waals surface area contributed by atoms with Crippen molar-refractivity contribution in [3.8, 4) is 5.75 Å². The van der Waals surface area contributed by atoms with E-state index in [2.05, 4.69) is 15.6 Å². The zero-order valence-corrected chi connectivity index (χ0v) is 26.6. The molecule has 0 spiro atoms. The molecule has 11 heteroatoms. The number of thiazole rings is 1. The van der Waals surface area contributed by atoms with Crippen LogP contribution in [0, 0.1) is 6.92 Å². The standard InChI is InChI=1S/C34H38N4O6S/c1-22-21-45-31(36-22)20-38(2)33(41)26-15-25(16-27(17-26)34(42)44-4)32(40)37-29(14-23-9-6-5-7-10-23)30(39)19-35-18-24-11-8-12-28(13-24)43-3/h5-13,15-17,21,29-30,35,39H,14,18-20H2,1-4H3,(H,37,40)/t29?,30-/m1/s1. The number of methoxy groups -OCH3 is 2. The lowest BCUT2D eigenvalue weighted by Gasteiger charge is -2.25. The molecular weight excluding hydrogens is 592 g/mol. The molecule has 2 amide bonds. The van der Waals surface area contributed by atoms with Gasteiger partial charge in [0, 0.05) is 42.3 Å². The van der Waals surface area contributed by atoms with E-state index >= 15 is 0 Å². The SMILES string of the molecule is COC(=O)c1cc(C(=O)NC(Cc2ccccc2)[C@H](O)CNCc2cccc(OC)c2)cc(C(=O)N(C)Cc2nc(C)cs2)c1. The topological polar surface area (TPSA) is 130 Å². The van der Waals surface area contributed by atoms with E-state index in [9.17, 15) is 19.5 Å². The number of carbonyl (C=O) groups excluding carboxylic acids is 3. The van der Waals surface area contributed by atoms with Gasteiger partial charge in [-0.25, -0.2) is 9.78 Å². The molecule has 0 aliphatic rings. The summed E-state index contributed by atoms with van der Waals surface area (Å²) in [7, 11) is 4.47. The highest BCUT2D eigenvalue weighted by molar-refractivity contribution is 7.09. The van der Waals surface area contributed by atoms with Crippen molar-refractivity contribution in [2.45, 2.75) is 38.6 Å². The Hall–Kier alpha value is -4.58. The van der Waals surface area contributed by atoms with Crippen LogP contribution in [0.15, 0.2) is 78.2 Å². The van der Waals surface area contributed by atoms with Crippen molar-refractivity contribution < 1.29 is 29.0 Å². The maximum Gasteiger partial charge on any atom is 0.337 e. The fraction of sp³-hybridized carbons (Fsp3) is 0.294. The van der Waals surface area contributed by atoms with Gasteiger partial charge in [-0.15, -0.1) is 11.3 Å². The first kappa shape index (κ1) is 33.3. The molecule has 3 N–H and O–H groups in total. The molecule has 4 rings (SSSR count). The Kier molecular flexibility index (Phi) is 11.8. The minimum absolute atomic E-state index is 0.0621. The second kappa shape index (κ2) is 15.9. The highest BCUT2D eigenvalue weighted by Crippen LogP contribution is 2.18. The number of aromatic nitrogens is 1. The number of amides is 2. The van der Waals surface area contributed by atoms with Crippen LogP contribution in [0.5, 0.6) is 5.75 Å². The van der Waals surface area contributed by atoms with Gasteiger partial charge in [-0.05, 0) is 54.8 Å². The normalized spacial score (nSPS) is 12.2. The molecule has 0 saturated carbocycles. The zero-order chi connectivity index (χ0) is 32.3. The van der Waals surface area contributed by atoms with Crippen LogP contribution in [-0.2, 0) is 24.2 Å². The summed E-state index contributed by atoms with van der Waals surface area (Å²) in [6, 6.07) is 20.7. The van der Waals surface area contributed by atoms with Crippen molar-refractivity contribution in [1.29, 1.82) is 0 Å². The summed E-state index contributed by atoms with van der Waals surface area (Å²) in [5.41, 5.74) is 3.08. The van der Waals surface area contributed by atoms with Crippen LogP contribution in [0.4, 0.5) is 0 Å². The lowest BCUT2D eigenvalue weighted by atomic mass is 9.99. The van der Waals surface area contributed by atoms with Crippen molar-refractivity contribution in [1.82, 2.24) is 20.5 Å². The number of nitrogens with zero attached hydrogens (tertiary/aromatic N) is 2. The molecule has 4 aromatic rings. The quantitative estimate of drug-likeness (QED) is 0.178. The third kappa shape index (κ3) is 9.45. The number of benzene rings is 3. The number of aliphatic hydroxyl groups is 1. The Balaban J connectivity index is 1.53. The van der Waals surface area contributed by atoms with Gasteiger partial charge in [0.05, 0.1) is 38.5 Å². The molecule has 0 saturated heterocycles. The maximum absolute atomic E-state index is 13.7. The molecular formula is C34H38N4O6S. The summed E-state index contributed by atoms with van der Waals surface area (Å²) in [5, 5.41) is 20.1. The molecule has 1 aromatic heterocycles. The van der Waals surface area contributed by atoms with Gasteiger partial charge in [-0.3, -0.25) is 9.59 Å². The second-order valence-electron chi connectivity index (χ2n) is 10.7. The van der Waals surface area contributed by atoms with Crippen LogP contribution in [0.2, 0.25) is 0 Å². The van der Waals surface area contributed by atoms with E-state index in [0.717, 1.165) is 27.6 Å². The zero-order valence-electron chi connectivity index (χ0n) is 25.8. The summed E-state index contributed by atoms with van der Waals surface area (Å²) in [6.07, 6.45) is -0.606. The van der Waals surface area contributed by atoms with Gasteiger partial charge in [-0.1, -0.05) is 42.5 Å². The molecule has 0 bridgehead atoms. The van der Waals surface area contributed by atoms with E-state index in [0.29, 0.717) is 13.0 Å². The molecule has 0 aliphatic carbocycles. The van der Waals surface area contributed by atoms with Crippen LogP contribution in [0.25, 0.3) is 0 Å². The van der Waals surface area contributed by atoms with Crippen molar-refractivity contribution in [2.75, 3.05) is 27.8 Å². The molecule has 3 aromatic carbocycles. The lowest BCUT2D eigenvalue weighted by molar-refractivity contribution is 0.0600. The van der Waals surface area contributed by atoms with Gasteiger partial charge in [-0.2, -0.15) is 0 Å². The van der Waals surface area contributed by atoms with Gasteiger partial charge in [0.25, 0.3) is 11.8 Å². The summed E-state index contributed by atoms with van der Waals surface area (Å²) in [4.78, 5) is 45.5. The van der Waals surface area contributed by atoms with Crippen molar-refractivity contribution >= 4 is 29.1 Å². The third-order valence-corrected chi connectivity index (χ3v) is 8.10. The van der Waals surface area contributed by atoms with Gasteiger partial charge in [0.15, 0.2) is 0 Å². The number of hydrogen-bond acceptors (Lipinski definition) is 9. The molecule has 10 nitrogen and oxygen atoms in total. The maximum atomic E-state index is 13.7. The predicted molar refractivity (Wildman–Crippen MR) is 173 cm³/mol. The number of esters is 1. The fourth-order valence-electron chi connectivity index (χ4n) is 4.78. The average molecular weight is 631 g/mol. The number of aryl methyl sites for hydroxylation is 1. The van der Waals surface area contributed by atoms with Crippen LogP contribution in [0.3, 0.4) is 0 Å². The highest BCUT2D eigenvalue weighted by Gasteiger charge is 2.25. The number of carbonyl (C=O) groups is 3. The number of aliphatic hydroxyl groups excluding tert-OH is 1. The first-order valence-electron chi connectivity index (χ1n) is 14.4. The van der Waals surface area contributed by atoms with Crippen LogP contribution in [-0.4, -0.2) is 72.7 Å². The number of ether oxygens (including phenoxy) is 2. The molecule has 236 valence electrons. The molecule has 45 heavy (non-hydrogen) atoms. The molecule has 2 atom stereocenters. The Morgan fingerprint density at radius 1 is 0.956 bits per heavy atom. The van der Waals surface area contributed by atoms with Crippen LogP contribution in [0.1, 0.15) is 52.9 Å². The van der Waals surface area contributed by atoms with E-state index in [1.807, 2.05) is 66.9 Å². The van der Waals surface area contributed by atoms with Crippen LogP contribution >= 0.6 is 11.3 Å². The Bertz CT molecular complexity index is 1610. The smallest absolute Gasteiger partial charge is 0.337 e. The molecule has 0 radical (unpaired) electrons. The largest absolute Gasteiger partial charge is 0.497 e. The van der Waals surface area contributed by atoms with E-state index in [4.69, 9.17) is 9.47 Å². The summed E-state index contributed by atoms with van der Waals surface area (Å²) < 4.78 is 10.2. The van der Waals surface area contributed by atoms with E-state index in [-0.39, 0.29) is 35.7 Å². The summed E-state index contributed by atoms with van der Waals surface area (Å²) in [5.74, 6) is -0.869. The van der Waals surface area contributed by atoms with E-state index in [1.165, 1.54) is 41.5 Å². The molecule has 0 fully saturated rings. The molecule has 1 heterocycles. The fourth-order valence-corrected chi connectivity index (χ4v) is 5.60. The number of hydrogen-bond donors (Lipinski definition) is 3. The second-order valence-corrected chi connectivity index (χ2v) is 11.6. The Labute approximate surface area is 267 Å². The van der Waals surface area contributed by atoms with E-state index in [1.54, 1.807) is 14.2 Å². The first-order valence-corrected chi connectivity index (χ1v) is 15.3. The number of nitrogens with one attached hydrogen (secondary N) is 2. The first-order chi connectivity index (χ1) is 21.7. The minimum atomic E-state index is -0.961. The predicted octanol–water partition coefficient (Wildman–Crippen LogP) is 4.01. The molecule has 1 unspecified atom stereocenters. The average Bonchev–Trinajstić information content (AvgIpc) is 3.47. The highest BCUT2D eigenvalue weighted by atomic mass is 32.1.